The van der Waals surface area contributed by atoms with E-state index in [1.54, 1.807) is 24.3 Å². The molecule has 0 aliphatic rings. The van der Waals surface area contributed by atoms with E-state index < -0.39 is 10.8 Å². The summed E-state index contributed by atoms with van der Waals surface area (Å²) in [4.78, 5) is 39.1. The Balaban J connectivity index is 1.84. The minimum Gasteiger partial charge on any atom is -0.310 e. The van der Waals surface area contributed by atoms with Crippen molar-refractivity contribution in [2.75, 3.05) is 5.32 Å². The number of anilines is 1. The van der Waals surface area contributed by atoms with E-state index in [9.17, 15) is 19.7 Å². The Morgan fingerprint density at radius 1 is 1.19 bits per heavy atom. The number of aryl methyl sites for hydroxylation is 1. The standard InChI is InChI=1S/C19H16N4O4/c1-13-4-2-7-17(20-13)21-19(25)15-8-9-18(24)22(12-15)11-14-5-3-6-16(10-14)23(26)27/h2-10,12H,11H2,1H3,(H,20,21,25). The average Bonchev–Trinajstić information content (AvgIpc) is 2.63. The minimum absolute atomic E-state index is 0.0556. The maximum atomic E-state index is 12.4. The first-order valence-electron chi connectivity index (χ1n) is 8.11. The van der Waals surface area contributed by atoms with Crippen molar-refractivity contribution in [3.63, 3.8) is 0 Å². The average molecular weight is 364 g/mol. The molecule has 0 spiro atoms. The van der Waals surface area contributed by atoms with E-state index in [1.165, 1.54) is 35.0 Å². The molecule has 2 heterocycles. The Bertz CT molecular complexity index is 1080. The number of nitro groups is 1. The summed E-state index contributed by atoms with van der Waals surface area (Å²) in [5.74, 6) is 0.0114. The molecule has 0 aliphatic heterocycles. The van der Waals surface area contributed by atoms with E-state index >= 15 is 0 Å². The first-order chi connectivity index (χ1) is 12.9. The summed E-state index contributed by atoms with van der Waals surface area (Å²) in [6.07, 6.45) is 1.42. The van der Waals surface area contributed by atoms with Gasteiger partial charge in [0.1, 0.15) is 5.82 Å². The van der Waals surface area contributed by atoms with Gasteiger partial charge >= 0.3 is 0 Å². The van der Waals surface area contributed by atoms with Crippen LogP contribution in [0.4, 0.5) is 11.5 Å². The van der Waals surface area contributed by atoms with Crippen molar-refractivity contribution in [1.29, 1.82) is 0 Å². The summed E-state index contributed by atoms with van der Waals surface area (Å²) in [7, 11) is 0. The van der Waals surface area contributed by atoms with E-state index in [0.717, 1.165) is 5.69 Å². The SMILES string of the molecule is Cc1cccc(NC(=O)c2ccc(=O)n(Cc3cccc([N+](=O)[O-])c3)c2)n1. The molecule has 136 valence electrons. The van der Waals surface area contributed by atoms with Gasteiger partial charge in [-0.1, -0.05) is 18.2 Å². The maximum Gasteiger partial charge on any atom is 0.269 e. The number of benzene rings is 1. The van der Waals surface area contributed by atoms with E-state index in [4.69, 9.17) is 0 Å². The number of nitrogens with zero attached hydrogens (tertiary/aromatic N) is 3. The summed E-state index contributed by atoms with van der Waals surface area (Å²) in [6.45, 7) is 1.93. The van der Waals surface area contributed by atoms with Gasteiger partial charge in [-0.05, 0) is 30.7 Å². The summed E-state index contributed by atoms with van der Waals surface area (Å²) in [5, 5.41) is 13.6. The fourth-order valence-corrected chi connectivity index (χ4v) is 2.56. The smallest absolute Gasteiger partial charge is 0.269 e. The van der Waals surface area contributed by atoms with Crippen molar-refractivity contribution in [1.82, 2.24) is 9.55 Å². The Morgan fingerprint density at radius 3 is 2.70 bits per heavy atom. The molecule has 8 heteroatoms. The van der Waals surface area contributed by atoms with Gasteiger partial charge in [-0.25, -0.2) is 4.98 Å². The summed E-state index contributed by atoms with van der Waals surface area (Å²) in [6, 6.07) is 14.0. The molecule has 27 heavy (non-hydrogen) atoms. The lowest BCUT2D eigenvalue weighted by atomic mass is 10.2. The van der Waals surface area contributed by atoms with Crippen LogP contribution in [0.25, 0.3) is 0 Å². The third-order valence-electron chi connectivity index (χ3n) is 3.85. The van der Waals surface area contributed by atoms with Crippen LogP contribution in [0.15, 0.2) is 65.6 Å². The van der Waals surface area contributed by atoms with Crippen molar-refractivity contribution >= 4 is 17.4 Å². The van der Waals surface area contributed by atoms with Crippen LogP contribution < -0.4 is 10.9 Å². The van der Waals surface area contributed by atoms with Gasteiger partial charge in [0.05, 0.1) is 17.0 Å². The quantitative estimate of drug-likeness (QED) is 0.553. The number of amides is 1. The Hall–Kier alpha value is -3.81. The molecule has 3 rings (SSSR count). The molecule has 0 saturated heterocycles. The zero-order valence-electron chi connectivity index (χ0n) is 14.5. The Labute approximate surface area is 154 Å². The van der Waals surface area contributed by atoms with Crippen LogP contribution in [0.3, 0.4) is 0 Å². The van der Waals surface area contributed by atoms with Gasteiger partial charge in [0.15, 0.2) is 0 Å². The highest BCUT2D eigenvalue weighted by Gasteiger charge is 2.11. The van der Waals surface area contributed by atoms with Crippen LogP contribution in [0, 0.1) is 17.0 Å². The lowest BCUT2D eigenvalue weighted by Gasteiger charge is -2.09. The molecule has 1 amide bonds. The molecule has 3 aromatic rings. The topological polar surface area (TPSA) is 107 Å². The number of hydrogen-bond acceptors (Lipinski definition) is 5. The number of pyridine rings is 2. The van der Waals surface area contributed by atoms with Crippen molar-refractivity contribution in [3.05, 3.63) is 98.1 Å². The van der Waals surface area contributed by atoms with Crippen LogP contribution in [0.2, 0.25) is 0 Å². The number of hydrogen-bond donors (Lipinski definition) is 1. The van der Waals surface area contributed by atoms with Crippen LogP contribution >= 0.6 is 0 Å². The highest BCUT2D eigenvalue weighted by Crippen LogP contribution is 2.14. The predicted molar refractivity (Wildman–Crippen MR) is 99.8 cm³/mol. The highest BCUT2D eigenvalue weighted by atomic mass is 16.6. The third-order valence-corrected chi connectivity index (χ3v) is 3.85. The molecule has 0 saturated carbocycles. The molecule has 0 aliphatic carbocycles. The summed E-state index contributed by atoms with van der Waals surface area (Å²) >= 11 is 0. The monoisotopic (exact) mass is 364 g/mol. The van der Waals surface area contributed by atoms with Gasteiger partial charge in [0, 0.05) is 30.1 Å². The minimum atomic E-state index is -0.495. The number of carbonyl (C=O) groups excluding carboxylic acids is 1. The largest absolute Gasteiger partial charge is 0.310 e. The highest BCUT2D eigenvalue weighted by molar-refractivity contribution is 6.03. The van der Waals surface area contributed by atoms with E-state index in [1.807, 2.05) is 13.0 Å². The number of rotatable bonds is 5. The van der Waals surface area contributed by atoms with E-state index in [2.05, 4.69) is 10.3 Å². The van der Waals surface area contributed by atoms with E-state index in [0.29, 0.717) is 11.4 Å². The van der Waals surface area contributed by atoms with Crippen molar-refractivity contribution in [2.24, 2.45) is 0 Å². The number of carbonyl (C=O) groups is 1. The fourth-order valence-electron chi connectivity index (χ4n) is 2.56. The van der Waals surface area contributed by atoms with Gasteiger partial charge in [0.25, 0.3) is 17.2 Å². The summed E-state index contributed by atoms with van der Waals surface area (Å²) < 4.78 is 1.33. The van der Waals surface area contributed by atoms with Gasteiger partial charge in [-0.15, -0.1) is 0 Å². The normalized spacial score (nSPS) is 10.4. The van der Waals surface area contributed by atoms with Gasteiger partial charge in [0.2, 0.25) is 0 Å². The molecule has 0 bridgehead atoms. The zero-order valence-corrected chi connectivity index (χ0v) is 14.5. The molecule has 8 nitrogen and oxygen atoms in total. The second-order valence-corrected chi connectivity index (χ2v) is 5.93. The maximum absolute atomic E-state index is 12.4. The van der Waals surface area contributed by atoms with Crippen LogP contribution in [0.1, 0.15) is 21.6 Å². The van der Waals surface area contributed by atoms with E-state index in [-0.39, 0.29) is 23.4 Å². The van der Waals surface area contributed by atoms with Gasteiger partial charge in [-0.3, -0.25) is 19.7 Å². The Kier molecular flexibility index (Phi) is 5.07. The second kappa shape index (κ2) is 7.61. The lowest BCUT2D eigenvalue weighted by molar-refractivity contribution is -0.384. The van der Waals surface area contributed by atoms with Crippen LogP contribution in [0.5, 0.6) is 0 Å². The number of aromatic nitrogens is 2. The fraction of sp³-hybridized carbons (Fsp3) is 0.105. The van der Waals surface area contributed by atoms with Gasteiger partial charge < -0.3 is 9.88 Å². The molecule has 2 aromatic heterocycles. The van der Waals surface area contributed by atoms with Crippen molar-refractivity contribution in [3.8, 4) is 0 Å². The molecule has 0 radical (unpaired) electrons. The zero-order chi connectivity index (χ0) is 19.4. The van der Waals surface area contributed by atoms with Crippen molar-refractivity contribution < 1.29 is 9.72 Å². The van der Waals surface area contributed by atoms with Crippen LogP contribution in [-0.4, -0.2) is 20.4 Å². The molecule has 1 N–H and O–H groups in total. The molecule has 0 atom stereocenters. The Morgan fingerprint density at radius 2 is 1.96 bits per heavy atom. The molecule has 0 fully saturated rings. The molecule has 1 aromatic carbocycles. The molecular weight excluding hydrogens is 348 g/mol. The third kappa shape index (κ3) is 4.43. The first kappa shape index (κ1) is 18.0. The lowest BCUT2D eigenvalue weighted by Crippen LogP contribution is -2.22. The number of non-ortho nitro benzene ring substituents is 1. The van der Waals surface area contributed by atoms with Gasteiger partial charge in [-0.2, -0.15) is 0 Å². The second-order valence-electron chi connectivity index (χ2n) is 5.93. The molecular formula is C19H16N4O4. The number of nitro benzene ring substituents is 1. The number of nitrogens with one attached hydrogen (secondary N) is 1. The summed E-state index contributed by atoms with van der Waals surface area (Å²) in [5.41, 5.74) is 1.27. The van der Waals surface area contributed by atoms with Crippen molar-refractivity contribution in [2.45, 2.75) is 13.5 Å². The van der Waals surface area contributed by atoms with Crippen LogP contribution in [-0.2, 0) is 6.54 Å². The first-order valence-corrected chi connectivity index (χ1v) is 8.11. The predicted octanol–water partition coefficient (Wildman–Crippen LogP) is 2.76. The molecule has 0 unspecified atom stereocenters.